The number of anilines is 1. The van der Waals surface area contributed by atoms with Crippen LogP contribution >= 0.6 is 0 Å². The first-order valence-corrected chi connectivity index (χ1v) is 11.2. The Labute approximate surface area is 200 Å². The topological polar surface area (TPSA) is 125 Å². The van der Waals surface area contributed by atoms with E-state index in [-0.39, 0.29) is 34.4 Å². The molecule has 4 heterocycles. The van der Waals surface area contributed by atoms with Crippen molar-refractivity contribution in [1.82, 2.24) is 45.5 Å². The van der Waals surface area contributed by atoms with Gasteiger partial charge in [-0.3, -0.25) is 0 Å². The zero-order valence-corrected chi connectivity index (χ0v) is 19.9. The molecule has 0 radical (unpaired) electrons. The molecule has 4 aromatic rings. The van der Waals surface area contributed by atoms with Gasteiger partial charge in [0.05, 0.1) is 17.8 Å². The van der Waals surface area contributed by atoms with Crippen LogP contribution in [-0.4, -0.2) is 51.3 Å². The van der Waals surface area contributed by atoms with Gasteiger partial charge < -0.3 is 11.1 Å². The van der Waals surface area contributed by atoms with Crippen molar-refractivity contribution in [3.63, 3.8) is 0 Å². The van der Waals surface area contributed by atoms with Gasteiger partial charge in [0.2, 0.25) is 0 Å². The van der Waals surface area contributed by atoms with Gasteiger partial charge in [0, 0.05) is 22.8 Å². The molecule has 1 saturated heterocycles. The molecule has 12 heteroatoms. The lowest BCUT2D eigenvalue weighted by Gasteiger charge is -2.46. The average molecular weight is 481 g/mol. The van der Waals surface area contributed by atoms with Gasteiger partial charge in [0.1, 0.15) is 17.2 Å². The quantitative estimate of drug-likeness (QED) is 0.456. The van der Waals surface area contributed by atoms with E-state index in [0.29, 0.717) is 16.8 Å². The smallest absolute Gasteiger partial charge is 0.190 e. The number of tetrazole rings is 1. The van der Waals surface area contributed by atoms with Crippen molar-refractivity contribution in [3.8, 4) is 28.3 Å². The molecule has 10 nitrogen and oxygen atoms in total. The van der Waals surface area contributed by atoms with Crippen molar-refractivity contribution in [2.24, 2.45) is 0 Å². The highest BCUT2D eigenvalue weighted by Gasteiger charge is 2.39. The Kier molecular flexibility index (Phi) is 5.35. The number of nitrogens with two attached hydrogens (primary N) is 1. The SMILES string of the molecule is CC1(C)CC(n2cc(-c3cnc(N)c(-c4nnnn4-c4cccc(F)c4F)c3)nn2)CC(C)(C)N1. The number of halogens is 2. The van der Waals surface area contributed by atoms with Crippen molar-refractivity contribution >= 4 is 5.82 Å². The van der Waals surface area contributed by atoms with Crippen LogP contribution in [0.2, 0.25) is 0 Å². The predicted octanol–water partition coefficient (Wildman–Crippen LogP) is 3.32. The minimum Gasteiger partial charge on any atom is -0.383 e. The number of pyridine rings is 1. The fourth-order valence-electron chi connectivity index (χ4n) is 5.01. The van der Waals surface area contributed by atoms with Crippen LogP contribution in [0.1, 0.15) is 46.6 Å². The molecule has 0 unspecified atom stereocenters. The standard InChI is InChI=1S/C23H26F2N10/c1-22(2)9-14(10-23(3,4)30-22)34-12-17(28-32-34)13-8-15(20(26)27-11-13)21-29-31-33-35(21)18-7-5-6-16(24)19(18)25/h5-8,11-12,14,30H,9-10H2,1-4H3,(H2,26,27). The van der Waals surface area contributed by atoms with E-state index in [1.54, 1.807) is 12.3 Å². The third-order valence-electron chi connectivity index (χ3n) is 6.14. The Hall–Kier alpha value is -3.80. The highest BCUT2D eigenvalue weighted by atomic mass is 19.2. The van der Waals surface area contributed by atoms with Crippen molar-refractivity contribution in [1.29, 1.82) is 0 Å². The van der Waals surface area contributed by atoms with Gasteiger partial charge in [-0.1, -0.05) is 11.3 Å². The fourth-order valence-corrected chi connectivity index (χ4v) is 5.01. The lowest BCUT2D eigenvalue weighted by Crippen LogP contribution is -2.58. The number of nitrogens with one attached hydrogen (secondary N) is 1. The Morgan fingerprint density at radius 1 is 1.06 bits per heavy atom. The third kappa shape index (κ3) is 4.36. The monoisotopic (exact) mass is 480 g/mol. The van der Waals surface area contributed by atoms with E-state index in [1.165, 1.54) is 12.1 Å². The molecule has 0 aliphatic carbocycles. The summed E-state index contributed by atoms with van der Waals surface area (Å²) in [5.74, 6) is -1.82. The largest absolute Gasteiger partial charge is 0.383 e. The summed E-state index contributed by atoms with van der Waals surface area (Å²) in [4.78, 5) is 4.27. The van der Waals surface area contributed by atoms with Crippen LogP contribution in [0.4, 0.5) is 14.6 Å². The number of rotatable bonds is 4. The van der Waals surface area contributed by atoms with Gasteiger partial charge in [0.25, 0.3) is 0 Å². The van der Waals surface area contributed by atoms with Crippen LogP contribution in [0.5, 0.6) is 0 Å². The first-order chi connectivity index (χ1) is 16.5. The number of nitrogens with zero attached hydrogens (tertiary/aromatic N) is 8. The molecular weight excluding hydrogens is 454 g/mol. The van der Waals surface area contributed by atoms with Gasteiger partial charge in [-0.2, -0.15) is 4.68 Å². The van der Waals surface area contributed by atoms with Crippen LogP contribution < -0.4 is 11.1 Å². The van der Waals surface area contributed by atoms with Crippen molar-refractivity contribution in [2.75, 3.05) is 5.73 Å². The van der Waals surface area contributed by atoms with E-state index in [4.69, 9.17) is 5.73 Å². The summed E-state index contributed by atoms with van der Waals surface area (Å²) in [7, 11) is 0. The van der Waals surface area contributed by atoms with Crippen LogP contribution in [0, 0.1) is 11.6 Å². The van der Waals surface area contributed by atoms with Gasteiger partial charge in [-0.15, -0.1) is 10.2 Å². The second-order valence-electron chi connectivity index (χ2n) is 10.2. The maximum atomic E-state index is 14.4. The molecule has 0 spiro atoms. The maximum absolute atomic E-state index is 14.4. The summed E-state index contributed by atoms with van der Waals surface area (Å²) in [5.41, 5.74) is 7.49. The molecule has 0 amide bonds. The molecule has 3 aromatic heterocycles. The summed E-state index contributed by atoms with van der Waals surface area (Å²) >= 11 is 0. The van der Waals surface area contributed by atoms with Gasteiger partial charge >= 0.3 is 0 Å². The summed E-state index contributed by atoms with van der Waals surface area (Å²) < 4.78 is 31.2. The highest BCUT2D eigenvalue weighted by molar-refractivity contribution is 5.75. The fraction of sp³-hybridized carbons (Fsp3) is 0.391. The zero-order valence-electron chi connectivity index (χ0n) is 19.9. The van der Waals surface area contributed by atoms with Gasteiger partial charge in [0.15, 0.2) is 17.5 Å². The van der Waals surface area contributed by atoms with E-state index >= 15 is 0 Å². The van der Waals surface area contributed by atoms with Crippen LogP contribution in [-0.2, 0) is 0 Å². The van der Waals surface area contributed by atoms with Crippen LogP contribution in [0.3, 0.4) is 0 Å². The molecule has 0 atom stereocenters. The molecular formula is C23H26F2N10. The Morgan fingerprint density at radius 2 is 1.80 bits per heavy atom. The molecule has 0 bridgehead atoms. The molecule has 1 aliphatic rings. The number of piperidine rings is 1. The number of benzene rings is 1. The molecule has 1 fully saturated rings. The minimum atomic E-state index is -1.07. The number of aromatic nitrogens is 8. The van der Waals surface area contributed by atoms with Gasteiger partial charge in [-0.05, 0) is 69.2 Å². The van der Waals surface area contributed by atoms with E-state index in [1.807, 2.05) is 10.9 Å². The summed E-state index contributed by atoms with van der Waals surface area (Å²) in [5, 5.41) is 23.9. The normalized spacial score (nSPS) is 17.5. The molecule has 1 aliphatic heterocycles. The third-order valence-corrected chi connectivity index (χ3v) is 6.14. The van der Waals surface area contributed by atoms with Crippen LogP contribution in [0.25, 0.3) is 28.3 Å². The Bertz CT molecular complexity index is 1370. The molecule has 182 valence electrons. The van der Waals surface area contributed by atoms with Crippen LogP contribution in [0.15, 0.2) is 36.7 Å². The lowest BCUT2D eigenvalue weighted by atomic mass is 9.80. The lowest BCUT2D eigenvalue weighted by molar-refractivity contribution is 0.125. The number of hydrogen-bond acceptors (Lipinski definition) is 8. The zero-order chi connectivity index (χ0) is 25.0. The second kappa shape index (κ2) is 8.15. The second-order valence-corrected chi connectivity index (χ2v) is 10.2. The van der Waals surface area contributed by atoms with Crippen molar-refractivity contribution in [3.05, 3.63) is 48.3 Å². The molecule has 5 rings (SSSR count). The molecule has 35 heavy (non-hydrogen) atoms. The minimum absolute atomic E-state index is 0.0439. The molecule has 3 N–H and O–H groups in total. The summed E-state index contributed by atoms with van der Waals surface area (Å²) in [6, 6.07) is 5.66. The Morgan fingerprint density at radius 3 is 2.54 bits per heavy atom. The predicted molar refractivity (Wildman–Crippen MR) is 125 cm³/mol. The van der Waals surface area contributed by atoms with E-state index in [0.717, 1.165) is 23.6 Å². The first kappa shape index (κ1) is 23.0. The highest BCUT2D eigenvalue weighted by Crippen LogP contribution is 2.36. The number of hydrogen-bond donors (Lipinski definition) is 2. The van der Waals surface area contributed by atoms with Crippen molar-refractivity contribution in [2.45, 2.75) is 57.7 Å². The van der Waals surface area contributed by atoms with E-state index in [2.05, 4.69) is 63.8 Å². The van der Waals surface area contributed by atoms with E-state index < -0.39 is 11.6 Å². The average Bonchev–Trinajstić information content (AvgIpc) is 3.44. The van der Waals surface area contributed by atoms with Gasteiger partial charge in [-0.25, -0.2) is 18.4 Å². The summed E-state index contributed by atoms with van der Waals surface area (Å²) in [6.45, 7) is 8.72. The Balaban J connectivity index is 1.50. The molecule has 1 aromatic carbocycles. The first-order valence-electron chi connectivity index (χ1n) is 11.2. The number of nitrogen functional groups attached to an aromatic ring is 1. The van der Waals surface area contributed by atoms with Crippen molar-refractivity contribution < 1.29 is 8.78 Å². The summed E-state index contributed by atoms with van der Waals surface area (Å²) in [6.07, 6.45) is 5.27. The maximum Gasteiger partial charge on any atom is 0.190 e. The van der Waals surface area contributed by atoms with E-state index in [9.17, 15) is 8.78 Å². The molecule has 0 saturated carbocycles.